The van der Waals surface area contributed by atoms with Crippen LogP contribution < -0.4 is 0 Å². The highest BCUT2D eigenvalue weighted by atomic mass is 19.1. The van der Waals surface area contributed by atoms with E-state index in [0.29, 0.717) is 24.2 Å². The SMILES string of the molecule is CCCc1cc(C(=O)N(C)CCc2nc3ccc(F)cc3[nH]2)n(C)n1. The number of imidazole rings is 1. The predicted octanol–water partition coefficient (Wildman–Crippen LogP) is 2.70. The third kappa shape index (κ3) is 3.70. The number of hydrogen-bond acceptors (Lipinski definition) is 3. The molecule has 1 aromatic carbocycles. The van der Waals surface area contributed by atoms with E-state index in [2.05, 4.69) is 22.0 Å². The molecular weight excluding hydrogens is 321 g/mol. The third-order valence-electron chi connectivity index (χ3n) is 4.18. The number of aryl methyl sites for hydroxylation is 2. The van der Waals surface area contributed by atoms with Gasteiger partial charge >= 0.3 is 0 Å². The molecule has 3 rings (SSSR count). The van der Waals surface area contributed by atoms with Crippen LogP contribution in [0.2, 0.25) is 0 Å². The number of nitrogens with one attached hydrogen (secondary N) is 1. The molecule has 0 bridgehead atoms. The number of carbonyl (C=O) groups excluding carboxylic acids is 1. The summed E-state index contributed by atoms with van der Waals surface area (Å²) in [6.07, 6.45) is 2.42. The van der Waals surface area contributed by atoms with Crippen LogP contribution in [0.15, 0.2) is 24.3 Å². The Kier molecular flexibility index (Phi) is 4.83. The number of aromatic amines is 1. The Morgan fingerprint density at radius 1 is 1.32 bits per heavy atom. The van der Waals surface area contributed by atoms with E-state index < -0.39 is 0 Å². The monoisotopic (exact) mass is 343 g/mol. The normalized spacial score (nSPS) is 11.2. The van der Waals surface area contributed by atoms with Crippen LogP contribution in [0, 0.1) is 5.82 Å². The lowest BCUT2D eigenvalue weighted by Gasteiger charge is -2.16. The van der Waals surface area contributed by atoms with Crippen LogP contribution in [-0.4, -0.2) is 44.1 Å². The van der Waals surface area contributed by atoms with Crippen molar-refractivity contribution in [3.63, 3.8) is 0 Å². The van der Waals surface area contributed by atoms with Gasteiger partial charge in [0, 0.05) is 27.1 Å². The lowest BCUT2D eigenvalue weighted by atomic mass is 10.2. The summed E-state index contributed by atoms with van der Waals surface area (Å²) in [5, 5.41) is 4.37. The van der Waals surface area contributed by atoms with Gasteiger partial charge in [0.2, 0.25) is 0 Å². The van der Waals surface area contributed by atoms with Gasteiger partial charge in [0.15, 0.2) is 0 Å². The Balaban J connectivity index is 1.66. The smallest absolute Gasteiger partial charge is 0.271 e. The van der Waals surface area contributed by atoms with Crippen LogP contribution >= 0.6 is 0 Å². The second-order valence-electron chi connectivity index (χ2n) is 6.22. The Hall–Kier alpha value is -2.70. The molecule has 7 heteroatoms. The first-order chi connectivity index (χ1) is 12.0. The molecule has 25 heavy (non-hydrogen) atoms. The molecule has 0 aliphatic carbocycles. The minimum Gasteiger partial charge on any atom is -0.342 e. The topological polar surface area (TPSA) is 66.8 Å². The van der Waals surface area contributed by atoms with Gasteiger partial charge in [-0.05, 0) is 30.7 Å². The van der Waals surface area contributed by atoms with Crippen molar-refractivity contribution in [3.8, 4) is 0 Å². The second-order valence-corrected chi connectivity index (χ2v) is 6.22. The van der Waals surface area contributed by atoms with E-state index in [1.165, 1.54) is 12.1 Å². The molecule has 0 aliphatic rings. The summed E-state index contributed by atoms with van der Waals surface area (Å²) in [5.41, 5.74) is 2.90. The molecule has 132 valence electrons. The van der Waals surface area contributed by atoms with E-state index in [1.54, 1.807) is 29.7 Å². The average molecular weight is 343 g/mol. The van der Waals surface area contributed by atoms with E-state index >= 15 is 0 Å². The van der Waals surface area contributed by atoms with Crippen molar-refractivity contribution in [2.75, 3.05) is 13.6 Å². The van der Waals surface area contributed by atoms with Crippen molar-refractivity contribution < 1.29 is 9.18 Å². The summed E-state index contributed by atoms with van der Waals surface area (Å²) in [6.45, 7) is 2.59. The Morgan fingerprint density at radius 2 is 2.12 bits per heavy atom. The highest BCUT2D eigenvalue weighted by molar-refractivity contribution is 5.92. The van der Waals surface area contributed by atoms with E-state index in [-0.39, 0.29) is 11.7 Å². The number of H-pyrrole nitrogens is 1. The van der Waals surface area contributed by atoms with E-state index in [4.69, 9.17) is 0 Å². The number of aromatic nitrogens is 4. The van der Waals surface area contributed by atoms with Gasteiger partial charge < -0.3 is 9.88 Å². The Labute approximate surface area is 145 Å². The summed E-state index contributed by atoms with van der Waals surface area (Å²) < 4.78 is 14.9. The average Bonchev–Trinajstić information content (AvgIpc) is 3.14. The van der Waals surface area contributed by atoms with Crippen LogP contribution in [0.3, 0.4) is 0 Å². The maximum atomic E-state index is 13.2. The number of likely N-dealkylation sites (N-methyl/N-ethyl adjacent to an activating group) is 1. The van der Waals surface area contributed by atoms with Gasteiger partial charge in [0.1, 0.15) is 17.3 Å². The van der Waals surface area contributed by atoms with Crippen LogP contribution in [-0.2, 0) is 19.9 Å². The van der Waals surface area contributed by atoms with Crippen molar-refractivity contribution in [2.24, 2.45) is 7.05 Å². The molecule has 1 N–H and O–H groups in total. The fourth-order valence-electron chi connectivity index (χ4n) is 2.83. The Morgan fingerprint density at radius 3 is 2.88 bits per heavy atom. The maximum Gasteiger partial charge on any atom is 0.271 e. The molecule has 2 aromatic heterocycles. The molecular formula is C18H22FN5O. The van der Waals surface area contributed by atoms with Crippen molar-refractivity contribution in [1.82, 2.24) is 24.6 Å². The molecule has 3 aromatic rings. The predicted molar refractivity (Wildman–Crippen MR) is 93.9 cm³/mol. The fourth-order valence-corrected chi connectivity index (χ4v) is 2.83. The quantitative estimate of drug-likeness (QED) is 0.748. The first-order valence-corrected chi connectivity index (χ1v) is 8.40. The number of nitrogens with zero attached hydrogens (tertiary/aromatic N) is 4. The van der Waals surface area contributed by atoms with Crippen molar-refractivity contribution in [1.29, 1.82) is 0 Å². The molecule has 0 atom stereocenters. The molecule has 0 saturated heterocycles. The van der Waals surface area contributed by atoms with Gasteiger partial charge in [-0.3, -0.25) is 9.48 Å². The first kappa shape index (κ1) is 17.1. The Bertz CT molecular complexity index is 898. The van der Waals surface area contributed by atoms with Gasteiger partial charge in [0.05, 0.1) is 16.7 Å². The summed E-state index contributed by atoms with van der Waals surface area (Å²) >= 11 is 0. The number of hydrogen-bond donors (Lipinski definition) is 1. The van der Waals surface area contributed by atoms with Gasteiger partial charge in [-0.15, -0.1) is 0 Å². The van der Waals surface area contributed by atoms with Crippen LogP contribution in [0.4, 0.5) is 4.39 Å². The minimum atomic E-state index is -0.297. The maximum absolute atomic E-state index is 13.2. The summed E-state index contributed by atoms with van der Waals surface area (Å²) in [5.74, 6) is 0.366. The van der Waals surface area contributed by atoms with Crippen molar-refractivity contribution in [2.45, 2.75) is 26.2 Å². The van der Waals surface area contributed by atoms with Crippen molar-refractivity contribution >= 4 is 16.9 Å². The highest BCUT2D eigenvalue weighted by Gasteiger charge is 2.17. The molecule has 0 fully saturated rings. The number of fused-ring (bicyclic) bond motifs is 1. The van der Waals surface area contributed by atoms with Gasteiger partial charge in [-0.25, -0.2) is 9.37 Å². The zero-order chi connectivity index (χ0) is 18.0. The number of amides is 1. The summed E-state index contributed by atoms with van der Waals surface area (Å²) in [4.78, 5) is 21.8. The molecule has 6 nitrogen and oxygen atoms in total. The molecule has 0 spiro atoms. The van der Waals surface area contributed by atoms with Crippen LogP contribution in [0.25, 0.3) is 11.0 Å². The molecule has 0 unspecified atom stereocenters. The van der Waals surface area contributed by atoms with E-state index in [0.717, 1.165) is 29.9 Å². The highest BCUT2D eigenvalue weighted by Crippen LogP contribution is 2.14. The largest absolute Gasteiger partial charge is 0.342 e. The lowest BCUT2D eigenvalue weighted by molar-refractivity contribution is 0.0785. The standard InChI is InChI=1S/C18H22FN5O/c1-4-5-13-11-16(24(3)22-13)18(25)23(2)9-8-17-20-14-7-6-12(19)10-15(14)21-17/h6-7,10-11H,4-5,8-9H2,1-3H3,(H,20,21). The van der Waals surface area contributed by atoms with Crippen molar-refractivity contribution in [3.05, 3.63) is 47.3 Å². The molecule has 1 amide bonds. The zero-order valence-electron chi connectivity index (χ0n) is 14.7. The minimum absolute atomic E-state index is 0.0699. The molecule has 0 aliphatic heterocycles. The van der Waals surface area contributed by atoms with Crippen LogP contribution in [0.5, 0.6) is 0 Å². The fraction of sp³-hybridized carbons (Fsp3) is 0.389. The first-order valence-electron chi connectivity index (χ1n) is 8.40. The molecule has 0 saturated carbocycles. The van der Waals surface area contributed by atoms with E-state index in [9.17, 15) is 9.18 Å². The van der Waals surface area contributed by atoms with E-state index in [1.807, 2.05) is 6.07 Å². The number of rotatable bonds is 6. The molecule has 0 radical (unpaired) electrons. The summed E-state index contributed by atoms with van der Waals surface area (Å²) in [6, 6.07) is 6.31. The molecule has 2 heterocycles. The number of benzene rings is 1. The van der Waals surface area contributed by atoms with Gasteiger partial charge in [-0.1, -0.05) is 13.3 Å². The zero-order valence-corrected chi connectivity index (χ0v) is 14.7. The number of halogens is 1. The third-order valence-corrected chi connectivity index (χ3v) is 4.18. The van der Waals surface area contributed by atoms with Crippen LogP contribution in [0.1, 0.15) is 35.4 Å². The van der Waals surface area contributed by atoms with Gasteiger partial charge in [0.25, 0.3) is 5.91 Å². The van der Waals surface area contributed by atoms with Gasteiger partial charge in [-0.2, -0.15) is 5.10 Å². The number of carbonyl (C=O) groups is 1. The summed E-state index contributed by atoms with van der Waals surface area (Å²) in [7, 11) is 3.55. The second kappa shape index (κ2) is 7.04. The lowest BCUT2D eigenvalue weighted by Crippen LogP contribution is -2.30.